The average molecular weight is 334 g/mol. The first kappa shape index (κ1) is 17.6. The van der Waals surface area contributed by atoms with Gasteiger partial charge in [0.25, 0.3) is 0 Å². The van der Waals surface area contributed by atoms with Crippen molar-refractivity contribution in [1.29, 1.82) is 0 Å². The Morgan fingerprint density at radius 1 is 1.38 bits per heavy atom. The molecule has 0 spiro atoms. The fourth-order valence-electron chi connectivity index (χ4n) is 1.53. The largest absolute Gasteiger partial charge is 0.477 e. The molecule has 1 heterocycles. The summed E-state index contributed by atoms with van der Waals surface area (Å²) in [5.74, 6) is -1.52. The summed E-state index contributed by atoms with van der Waals surface area (Å²) in [6.45, 7) is 5.36. The van der Waals surface area contributed by atoms with Gasteiger partial charge in [-0.05, 0) is 23.8 Å². The van der Waals surface area contributed by atoms with Crippen LogP contribution in [0.4, 0.5) is 0 Å². The highest BCUT2D eigenvalue weighted by molar-refractivity contribution is 7.89. The van der Waals surface area contributed by atoms with E-state index in [4.69, 9.17) is 5.11 Å². The molecule has 7 nitrogen and oxygen atoms in total. The number of carboxylic acid groups (broad SMARTS) is 1. The van der Waals surface area contributed by atoms with Crippen LogP contribution >= 0.6 is 11.3 Å². The van der Waals surface area contributed by atoms with E-state index in [2.05, 4.69) is 10.0 Å². The highest BCUT2D eigenvalue weighted by atomic mass is 32.2. The van der Waals surface area contributed by atoms with Crippen molar-refractivity contribution in [3.8, 4) is 0 Å². The molecular formula is C12H18N2O5S2. The van der Waals surface area contributed by atoms with E-state index in [0.717, 1.165) is 11.3 Å². The number of carbonyl (C=O) groups is 2. The standard InChI is InChI=1S/C12H18N2O5S2/c1-7(2)4-13-9(15)5-14-21(18,19)11-8(3)6-20-10(11)12(16)17/h6-7,14H,4-5H2,1-3H3,(H,13,15)(H,16,17). The summed E-state index contributed by atoms with van der Waals surface area (Å²) in [6.07, 6.45) is 0. The summed E-state index contributed by atoms with van der Waals surface area (Å²) >= 11 is 0.840. The molecule has 0 saturated carbocycles. The Morgan fingerprint density at radius 3 is 2.52 bits per heavy atom. The third kappa shape index (κ3) is 4.80. The number of hydrogen-bond donors (Lipinski definition) is 3. The number of thiophene rings is 1. The molecule has 0 aliphatic carbocycles. The van der Waals surface area contributed by atoms with E-state index < -0.39 is 28.4 Å². The van der Waals surface area contributed by atoms with Crippen molar-refractivity contribution in [2.75, 3.05) is 13.1 Å². The SMILES string of the molecule is Cc1csc(C(=O)O)c1S(=O)(=O)NCC(=O)NCC(C)C. The van der Waals surface area contributed by atoms with Crippen molar-refractivity contribution in [2.24, 2.45) is 5.92 Å². The summed E-state index contributed by atoms with van der Waals surface area (Å²) in [5.41, 5.74) is 0.340. The fourth-order valence-corrected chi connectivity index (χ4v) is 4.14. The molecule has 1 amide bonds. The van der Waals surface area contributed by atoms with Crippen LogP contribution in [-0.4, -0.2) is 38.5 Å². The van der Waals surface area contributed by atoms with Gasteiger partial charge in [-0.1, -0.05) is 13.8 Å². The number of rotatable bonds is 7. The molecule has 118 valence electrons. The molecule has 3 N–H and O–H groups in total. The molecule has 0 aliphatic heterocycles. The summed E-state index contributed by atoms with van der Waals surface area (Å²) in [6, 6.07) is 0. The van der Waals surface area contributed by atoms with Gasteiger partial charge in [0.2, 0.25) is 15.9 Å². The van der Waals surface area contributed by atoms with Gasteiger partial charge in [-0.3, -0.25) is 4.79 Å². The van der Waals surface area contributed by atoms with Crippen LogP contribution in [0.5, 0.6) is 0 Å². The Balaban J connectivity index is 2.81. The van der Waals surface area contributed by atoms with Crippen LogP contribution in [0.1, 0.15) is 29.1 Å². The van der Waals surface area contributed by atoms with Gasteiger partial charge in [0.1, 0.15) is 9.77 Å². The lowest BCUT2D eigenvalue weighted by atomic mass is 10.2. The van der Waals surface area contributed by atoms with Crippen molar-refractivity contribution >= 4 is 33.2 Å². The van der Waals surface area contributed by atoms with Crippen LogP contribution in [0.15, 0.2) is 10.3 Å². The van der Waals surface area contributed by atoms with Gasteiger partial charge in [0, 0.05) is 6.54 Å². The third-order valence-corrected chi connectivity index (χ3v) is 5.31. The number of amides is 1. The van der Waals surface area contributed by atoms with Crippen molar-refractivity contribution in [3.63, 3.8) is 0 Å². The molecule has 0 unspecified atom stereocenters. The van der Waals surface area contributed by atoms with Crippen molar-refractivity contribution in [1.82, 2.24) is 10.0 Å². The van der Waals surface area contributed by atoms with Gasteiger partial charge >= 0.3 is 5.97 Å². The maximum absolute atomic E-state index is 12.1. The van der Waals surface area contributed by atoms with Crippen LogP contribution in [0, 0.1) is 12.8 Å². The predicted octanol–water partition coefficient (Wildman–Crippen LogP) is 0.805. The van der Waals surface area contributed by atoms with Crippen LogP contribution in [-0.2, 0) is 14.8 Å². The number of hydrogen-bond acceptors (Lipinski definition) is 5. The van der Waals surface area contributed by atoms with Gasteiger partial charge in [0.05, 0.1) is 6.54 Å². The Labute approximate surface area is 127 Å². The number of sulfonamides is 1. The molecule has 9 heteroatoms. The highest BCUT2D eigenvalue weighted by Crippen LogP contribution is 2.26. The van der Waals surface area contributed by atoms with Crippen LogP contribution in [0.2, 0.25) is 0 Å². The smallest absolute Gasteiger partial charge is 0.347 e. The minimum absolute atomic E-state index is 0.253. The molecule has 1 rings (SSSR count). The van der Waals surface area contributed by atoms with Crippen LogP contribution in [0.25, 0.3) is 0 Å². The molecular weight excluding hydrogens is 316 g/mol. The maximum atomic E-state index is 12.1. The third-order valence-electron chi connectivity index (χ3n) is 2.51. The molecule has 1 aromatic rings. The first-order valence-corrected chi connectivity index (χ1v) is 8.59. The summed E-state index contributed by atoms with van der Waals surface area (Å²) in [4.78, 5) is 22.0. The van der Waals surface area contributed by atoms with E-state index in [1.54, 1.807) is 0 Å². The number of nitrogens with one attached hydrogen (secondary N) is 2. The van der Waals surface area contributed by atoms with Gasteiger partial charge in [-0.2, -0.15) is 0 Å². The van der Waals surface area contributed by atoms with Crippen LogP contribution < -0.4 is 10.0 Å². The summed E-state index contributed by atoms with van der Waals surface area (Å²) in [7, 11) is -4.04. The molecule has 21 heavy (non-hydrogen) atoms. The fraction of sp³-hybridized carbons (Fsp3) is 0.500. The second-order valence-electron chi connectivity index (χ2n) is 4.90. The molecule has 0 atom stereocenters. The highest BCUT2D eigenvalue weighted by Gasteiger charge is 2.27. The minimum Gasteiger partial charge on any atom is -0.477 e. The zero-order valence-electron chi connectivity index (χ0n) is 12.0. The minimum atomic E-state index is -4.04. The monoisotopic (exact) mass is 334 g/mol. The van der Waals surface area contributed by atoms with E-state index in [1.807, 2.05) is 13.8 Å². The first-order valence-electron chi connectivity index (χ1n) is 6.23. The Hall–Kier alpha value is -1.45. The Kier molecular flexibility index (Phi) is 5.87. The van der Waals surface area contributed by atoms with E-state index in [0.29, 0.717) is 12.1 Å². The lowest BCUT2D eigenvalue weighted by Gasteiger charge is -2.09. The zero-order chi connectivity index (χ0) is 16.2. The van der Waals surface area contributed by atoms with E-state index >= 15 is 0 Å². The maximum Gasteiger partial charge on any atom is 0.347 e. The molecule has 0 radical (unpaired) electrons. The van der Waals surface area contributed by atoms with Crippen molar-refractivity contribution < 1.29 is 23.1 Å². The molecule has 0 aliphatic rings. The average Bonchev–Trinajstić information content (AvgIpc) is 2.77. The first-order chi connectivity index (χ1) is 9.65. The van der Waals surface area contributed by atoms with Gasteiger partial charge in [-0.15, -0.1) is 11.3 Å². The number of carbonyl (C=O) groups excluding carboxylic acids is 1. The van der Waals surface area contributed by atoms with Gasteiger partial charge in [-0.25, -0.2) is 17.9 Å². The number of carboxylic acids is 1. The molecule has 1 aromatic heterocycles. The topological polar surface area (TPSA) is 113 Å². The zero-order valence-corrected chi connectivity index (χ0v) is 13.6. The molecule has 0 bridgehead atoms. The lowest BCUT2D eigenvalue weighted by molar-refractivity contribution is -0.120. The lowest BCUT2D eigenvalue weighted by Crippen LogP contribution is -2.38. The molecule has 0 saturated heterocycles. The number of aryl methyl sites for hydroxylation is 1. The van der Waals surface area contributed by atoms with E-state index in [9.17, 15) is 18.0 Å². The van der Waals surface area contributed by atoms with E-state index in [-0.39, 0.29) is 15.7 Å². The summed E-state index contributed by atoms with van der Waals surface area (Å²) < 4.78 is 26.4. The normalized spacial score (nSPS) is 11.6. The second kappa shape index (κ2) is 7.01. The molecule has 0 aromatic carbocycles. The molecule has 0 fully saturated rings. The Bertz CT molecular complexity index is 634. The van der Waals surface area contributed by atoms with Gasteiger partial charge < -0.3 is 10.4 Å². The predicted molar refractivity (Wildman–Crippen MR) is 79.1 cm³/mol. The summed E-state index contributed by atoms with van der Waals surface area (Å²) in [5, 5.41) is 13.0. The second-order valence-corrected chi connectivity index (χ2v) is 7.49. The van der Waals surface area contributed by atoms with Gasteiger partial charge in [0.15, 0.2) is 0 Å². The Morgan fingerprint density at radius 2 is 2.00 bits per heavy atom. The van der Waals surface area contributed by atoms with E-state index in [1.165, 1.54) is 12.3 Å². The van der Waals surface area contributed by atoms with Crippen molar-refractivity contribution in [2.45, 2.75) is 25.7 Å². The van der Waals surface area contributed by atoms with Crippen LogP contribution in [0.3, 0.4) is 0 Å². The van der Waals surface area contributed by atoms with Crippen molar-refractivity contribution in [3.05, 3.63) is 15.8 Å². The number of aromatic carboxylic acids is 1. The quantitative estimate of drug-likeness (QED) is 0.683.